The second kappa shape index (κ2) is 9.44. The van der Waals surface area contributed by atoms with Crippen molar-refractivity contribution in [2.75, 3.05) is 37.5 Å². The van der Waals surface area contributed by atoms with Gasteiger partial charge in [0.05, 0.1) is 13.0 Å². The molecule has 0 spiro atoms. The summed E-state index contributed by atoms with van der Waals surface area (Å²) in [5, 5.41) is 5.41. The van der Waals surface area contributed by atoms with Gasteiger partial charge in [-0.3, -0.25) is 4.79 Å². The van der Waals surface area contributed by atoms with Crippen LogP contribution in [0.2, 0.25) is 0 Å². The molecule has 2 aromatic rings. The van der Waals surface area contributed by atoms with Crippen LogP contribution in [0.3, 0.4) is 0 Å². The highest BCUT2D eigenvalue weighted by atomic mass is 16.5. The van der Waals surface area contributed by atoms with Crippen molar-refractivity contribution in [3.63, 3.8) is 0 Å². The SMILES string of the molecule is COCCNC(=O)Nc1ccc(CC(=O)N(C)c2ccccc2)cc1. The molecule has 0 aromatic heterocycles. The number of anilines is 2. The van der Waals surface area contributed by atoms with Crippen molar-refractivity contribution < 1.29 is 14.3 Å². The molecule has 0 saturated heterocycles. The number of nitrogens with zero attached hydrogens (tertiary/aromatic N) is 1. The monoisotopic (exact) mass is 341 g/mol. The second-order valence-electron chi connectivity index (χ2n) is 5.54. The fraction of sp³-hybridized carbons (Fsp3) is 0.263. The lowest BCUT2D eigenvalue weighted by Gasteiger charge is -2.17. The first kappa shape index (κ1) is 18.5. The molecule has 0 bridgehead atoms. The zero-order chi connectivity index (χ0) is 18.1. The van der Waals surface area contributed by atoms with Crippen LogP contribution in [-0.4, -0.2) is 39.2 Å². The number of likely N-dealkylation sites (N-methyl/N-ethyl adjacent to an activating group) is 1. The molecular weight excluding hydrogens is 318 g/mol. The van der Waals surface area contributed by atoms with E-state index in [9.17, 15) is 9.59 Å². The van der Waals surface area contributed by atoms with Crippen LogP contribution < -0.4 is 15.5 Å². The first-order valence-corrected chi connectivity index (χ1v) is 8.04. The third-order valence-corrected chi connectivity index (χ3v) is 3.68. The molecule has 0 aliphatic carbocycles. The summed E-state index contributed by atoms with van der Waals surface area (Å²) >= 11 is 0. The number of amides is 3. The first-order valence-electron chi connectivity index (χ1n) is 8.04. The van der Waals surface area contributed by atoms with E-state index in [4.69, 9.17) is 4.74 Å². The van der Waals surface area contributed by atoms with Crippen LogP contribution in [0, 0.1) is 0 Å². The molecule has 0 aliphatic heterocycles. The zero-order valence-electron chi connectivity index (χ0n) is 14.5. The lowest BCUT2D eigenvalue weighted by molar-refractivity contribution is -0.117. The molecule has 25 heavy (non-hydrogen) atoms. The van der Waals surface area contributed by atoms with Gasteiger partial charge in [-0.2, -0.15) is 0 Å². The highest BCUT2D eigenvalue weighted by Gasteiger charge is 2.11. The summed E-state index contributed by atoms with van der Waals surface area (Å²) in [6.45, 7) is 0.907. The minimum Gasteiger partial charge on any atom is -0.383 e. The van der Waals surface area contributed by atoms with Gasteiger partial charge < -0.3 is 20.3 Å². The summed E-state index contributed by atoms with van der Waals surface area (Å²) in [5.74, 6) is 0.00391. The van der Waals surface area contributed by atoms with Crippen molar-refractivity contribution in [3.8, 4) is 0 Å². The normalized spacial score (nSPS) is 10.2. The lowest BCUT2D eigenvalue weighted by Crippen LogP contribution is -2.31. The van der Waals surface area contributed by atoms with Crippen molar-refractivity contribution in [1.29, 1.82) is 0 Å². The molecular formula is C19H23N3O3. The Morgan fingerprint density at radius 2 is 1.72 bits per heavy atom. The van der Waals surface area contributed by atoms with E-state index in [1.807, 2.05) is 42.5 Å². The molecule has 0 atom stereocenters. The van der Waals surface area contributed by atoms with Crippen LogP contribution in [0.5, 0.6) is 0 Å². The fourth-order valence-electron chi connectivity index (χ4n) is 2.24. The highest BCUT2D eigenvalue weighted by Crippen LogP contribution is 2.14. The smallest absolute Gasteiger partial charge is 0.319 e. The van der Waals surface area contributed by atoms with Gasteiger partial charge >= 0.3 is 6.03 Å². The Labute approximate surface area is 147 Å². The largest absolute Gasteiger partial charge is 0.383 e. The van der Waals surface area contributed by atoms with Crippen molar-refractivity contribution in [3.05, 3.63) is 60.2 Å². The maximum absolute atomic E-state index is 12.4. The van der Waals surface area contributed by atoms with E-state index in [1.54, 1.807) is 31.2 Å². The van der Waals surface area contributed by atoms with Gasteiger partial charge in [0.1, 0.15) is 0 Å². The number of ether oxygens (including phenoxy) is 1. The topological polar surface area (TPSA) is 70.7 Å². The zero-order valence-corrected chi connectivity index (χ0v) is 14.5. The Hall–Kier alpha value is -2.86. The highest BCUT2D eigenvalue weighted by molar-refractivity contribution is 5.94. The Morgan fingerprint density at radius 3 is 2.36 bits per heavy atom. The van der Waals surface area contributed by atoms with Crippen molar-refractivity contribution in [2.24, 2.45) is 0 Å². The maximum atomic E-state index is 12.4. The molecule has 3 amide bonds. The second-order valence-corrected chi connectivity index (χ2v) is 5.54. The van der Waals surface area contributed by atoms with Gasteiger partial charge in [-0.1, -0.05) is 30.3 Å². The number of urea groups is 1. The molecule has 0 fully saturated rings. The Balaban J connectivity index is 1.87. The Kier molecular flexibility index (Phi) is 6.98. The number of benzene rings is 2. The maximum Gasteiger partial charge on any atom is 0.319 e. The third-order valence-electron chi connectivity index (χ3n) is 3.68. The summed E-state index contributed by atoms with van der Waals surface area (Å²) in [7, 11) is 3.34. The van der Waals surface area contributed by atoms with Gasteiger partial charge in [-0.15, -0.1) is 0 Å². The van der Waals surface area contributed by atoms with Gasteiger partial charge in [0, 0.05) is 32.1 Å². The van der Waals surface area contributed by atoms with E-state index < -0.39 is 0 Å². The van der Waals surface area contributed by atoms with E-state index in [2.05, 4.69) is 10.6 Å². The van der Waals surface area contributed by atoms with E-state index >= 15 is 0 Å². The number of rotatable bonds is 7. The quantitative estimate of drug-likeness (QED) is 0.761. The minimum atomic E-state index is -0.287. The molecule has 0 saturated carbocycles. The molecule has 6 nitrogen and oxygen atoms in total. The van der Waals surface area contributed by atoms with E-state index in [0.29, 0.717) is 25.3 Å². The number of nitrogens with one attached hydrogen (secondary N) is 2. The third kappa shape index (κ3) is 5.93. The van der Waals surface area contributed by atoms with Crippen molar-refractivity contribution in [2.45, 2.75) is 6.42 Å². The van der Waals surface area contributed by atoms with Gasteiger partial charge in [-0.05, 0) is 29.8 Å². The summed E-state index contributed by atoms with van der Waals surface area (Å²) < 4.78 is 4.87. The summed E-state index contributed by atoms with van der Waals surface area (Å²) in [6.07, 6.45) is 0.297. The van der Waals surface area contributed by atoms with E-state index in [1.165, 1.54) is 0 Å². The van der Waals surface area contributed by atoms with Crippen molar-refractivity contribution in [1.82, 2.24) is 5.32 Å². The number of hydrogen-bond acceptors (Lipinski definition) is 3. The Bertz CT molecular complexity index is 687. The molecule has 2 rings (SSSR count). The molecule has 132 valence electrons. The van der Waals surface area contributed by atoms with Gasteiger partial charge in [0.15, 0.2) is 0 Å². The van der Waals surface area contributed by atoms with Crippen LogP contribution >= 0.6 is 0 Å². The number of hydrogen-bond donors (Lipinski definition) is 2. The summed E-state index contributed by atoms with van der Waals surface area (Å²) in [4.78, 5) is 25.6. The Morgan fingerprint density at radius 1 is 1.04 bits per heavy atom. The number of para-hydroxylation sites is 1. The van der Waals surface area contributed by atoms with E-state index in [0.717, 1.165) is 11.3 Å². The van der Waals surface area contributed by atoms with E-state index in [-0.39, 0.29) is 11.9 Å². The van der Waals surface area contributed by atoms with Crippen LogP contribution in [0.1, 0.15) is 5.56 Å². The molecule has 2 N–H and O–H groups in total. The van der Waals surface area contributed by atoms with Gasteiger partial charge in [0.25, 0.3) is 0 Å². The number of methoxy groups -OCH3 is 1. The lowest BCUT2D eigenvalue weighted by atomic mass is 10.1. The van der Waals surface area contributed by atoms with Crippen LogP contribution in [0.15, 0.2) is 54.6 Å². The predicted molar refractivity (Wildman–Crippen MR) is 98.9 cm³/mol. The standard InChI is InChI=1S/C19H23N3O3/c1-22(17-6-4-3-5-7-17)18(23)14-15-8-10-16(11-9-15)21-19(24)20-12-13-25-2/h3-11H,12-14H2,1-2H3,(H2,20,21,24). The van der Waals surface area contributed by atoms with Crippen LogP contribution in [0.4, 0.5) is 16.2 Å². The van der Waals surface area contributed by atoms with Gasteiger partial charge in [0.2, 0.25) is 5.91 Å². The van der Waals surface area contributed by atoms with Crippen LogP contribution in [-0.2, 0) is 16.0 Å². The number of carbonyl (C=O) groups excluding carboxylic acids is 2. The summed E-state index contributed by atoms with van der Waals surface area (Å²) in [6, 6.07) is 16.4. The summed E-state index contributed by atoms with van der Waals surface area (Å²) in [5.41, 5.74) is 2.42. The molecule has 6 heteroatoms. The predicted octanol–water partition coefficient (Wildman–Crippen LogP) is 2.66. The number of carbonyl (C=O) groups is 2. The molecule has 2 aromatic carbocycles. The molecule has 0 unspecified atom stereocenters. The average molecular weight is 341 g/mol. The molecule has 0 aliphatic rings. The minimum absolute atomic E-state index is 0.00391. The van der Waals surface area contributed by atoms with Gasteiger partial charge in [-0.25, -0.2) is 4.79 Å². The molecule has 0 radical (unpaired) electrons. The van der Waals surface area contributed by atoms with Crippen LogP contribution in [0.25, 0.3) is 0 Å². The molecule has 0 heterocycles. The average Bonchev–Trinajstić information content (AvgIpc) is 2.63. The first-order chi connectivity index (χ1) is 12.1. The van der Waals surface area contributed by atoms with Crippen molar-refractivity contribution >= 4 is 23.3 Å². The fourth-order valence-corrected chi connectivity index (χ4v) is 2.24.